The van der Waals surface area contributed by atoms with Crippen molar-refractivity contribution in [2.24, 2.45) is 5.73 Å². The molecule has 25 heavy (non-hydrogen) atoms. The Balaban J connectivity index is 1.64. The first-order valence-corrected chi connectivity index (χ1v) is 8.65. The van der Waals surface area contributed by atoms with Crippen molar-refractivity contribution in [3.05, 3.63) is 59.1 Å². The molecular formula is C19H22ClN3O2. The van der Waals surface area contributed by atoms with Gasteiger partial charge >= 0.3 is 0 Å². The number of benzene rings is 2. The average Bonchev–Trinajstić information content (AvgIpc) is 3.10. The Kier molecular flexibility index (Phi) is 5.46. The summed E-state index contributed by atoms with van der Waals surface area (Å²) in [4.78, 5) is 14.6. The van der Waals surface area contributed by atoms with E-state index in [0.29, 0.717) is 11.6 Å². The second kappa shape index (κ2) is 7.76. The Bertz CT molecular complexity index is 739. The summed E-state index contributed by atoms with van der Waals surface area (Å²) >= 11 is 6.11. The quantitative estimate of drug-likeness (QED) is 0.861. The third-order valence-electron chi connectivity index (χ3n) is 4.46. The summed E-state index contributed by atoms with van der Waals surface area (Å²) in [5, 5.41) is 3.71. The summed E-state index contributed by atoms with van der Waals surface area (Å²) in [7, 11) is 1.64. The van der Waals surface area contributed by atoms with Crippen LogP contribution in [0.2, 0.25) is 5.02 Å². The summed E-state index contributed by atoms with van der Waals surface area (Å²) in [6.45, 7) is 1.52. The van der Waals surface area contributed by atoms with E-state index in [4.69, 9.17) is 22.1 Å². The predicted molar refractivity (Wildman–Crippen MR) is 100 cm³/mol. The fourth-order valence-corrected chi connectivity index (χ4v) is 3.28. The molecule has 5 nitrogen and oxygen atoms in total. The van der Waals surface area contributed by atoms with E-state index in [9.17, 15) is 4.79 Å². The maximum Gasteiger partial charge on any atom is 0.241 e. The lowest BCUT2D eigenvalue weighted by Gasteiger charge is -2.22. The van der Waals surface area contributed by atoms with Crippen LogP contribution in [0.4, 0.5) is 5.69 Å². The van der Waals surface area contributed by atoms with Crippen molar-refractivity contribution in [3.63, 3.8) is 0 Å². The first-order chi connectivity index (χ1) is 12.1. The van der Waals surface area contributed by atoms with Gasteiger partial charge in [-0.05, 0) is 30.2 Å². The number of nitrogens with zero attached hydrogens (tertiary/aromatic N) is 1. The SMILES string of the molecule is COc1ccc(Cl)cc1N1CCC(NC(=O)C(N)c2ccccc2)C1. The molecule has 1 fully saturated rings. The van der Waals surface area contributed by atoms with Crippen LogP contribution in [0.1, 0.15) is 18.0 Å². The summed E-state index contributed by atoms with van der Waals surface area (Å²) < 4.78 is 5.42. The summed E-state index contributed by atoms with van der Waals surface area (Å²) in [5.74, 6) is 0.619. The number of hydrogen-bond donors (Lipinski definition) is 2. The Morgan fingerprint density at radius 2 is 2.08 bits per heavy atom. The van der Waals surface area contributed by atoms with E-state index in [0.717, 1.165) is 30.0 Å². The zero-order valence-corrected chi connectivity index (χ0v) is 14.9. The normalized spacial score (nSPS) is 18.0. The molecule has 2 aromatic carbocycles. The maximum absolute atomic E-state index is 12.4. The molecule has 3 N–H and O–H groups in total. The number of methoxy groups -OCH3 is 1. The van der Waals surface area contributed by atoms with Crippen LogP contribution < -0.4 is 20.7 Å². The number of rotatable bonds is 5. The van der Waals surface area contributed by atoms with Crippen LogP contribution in [0, 0.1) is 0 Å². The maximum atomic E-state index is 12.4. The number of hydrogen-bond acceptors (Lipinski definition) is 4. The first kappa shape index (κ1) is 17.6. The molecule has 1 amide bonds. The molecule has 0 spiro atoms. The number of amides is 1. The van der Waals surface area contributed by atoms with Gasteiger partial charge in [-0.3, -0.25) is 4.79 Å². The average molecular weight is 360 g/mol. The van der Waals surface area contributed by atoms with Gasteiger partial charge in [0.15, 0.2) is 0 Å². The van der Waals surface area contributed by atoms with Crippen LogP contribution in [0.3, 0.4) is 0 Å². The molecular weight excluding hydrogens is 338 g/mol. The molecule has 0 bridgehead atoms. The first-order valence-electron chi connectivity index (χ1n) is 8.28. The van der Waals surface area contributed by atoms with Crippen molar-refractivity contribution in [2.45, 2.75) is 18.5 Å². The number of anilines is 1. The minimum absolute atomic E-state index is 0.0472. The number of ether oxygens (including phenoxy) is 1. The van der Waals surface area contributed by atoms with Gasteiger partial charge in [0.2, 0.25) is 5.91 Å². The van der Waals surface area contributed by atoms with Gasteiger partial charge in [-0.25, -0.2) is 0 Å². The van der Waals surface area contributed by atoms with Crippen LogP contribution in [-0.2, 0) is 4.79 Å². The highest BCUT2D eigenvalue weighted by molar-refractivity contribution is 6.30. The topological polar surface area (TPSA) is 67.6 Å². The molecule has 3 rings (SSSR count). The summed E-state index contributed by atoms with van der Waals surface area (Å²) in [5.41, 5.74) is 7.82. The summed E-state index contributed by atoms with van der Waals surface area (Å²) in [6, 6.07) is 14.3. The number of nitrogens with two attached hydrogens (primary N) is 1. The predicted octanol–water partition coefficient (Wildman–Crippen LogP) is 2.74. The molecule has 1 aliphatic heterocycles. The van der Waals surface area contributed by atoms with Crippen molar-refractivity contribution in [1.82, 2.24) is 5.32 Å². The molecule has 0 aliphatic carbocycles. The van der Waals surface area contributed by atoms with Gasteiger partial charge in [0.05, 0.1) is 12.8 Å². The van der Waals surface area contributed by atoms with Gasteiger partial charge in [0.25, 0.3) is 0 Å². The smallest absolute Gasteiger partial charge is 0.241 e. The van der Waals surface area contributed by atoms with E-state index in [1.165, 1.54) is 0 Å². The molecule has 132 valence electrons. The van der Waals surface area contributed by atoms with Crippen LogP contribution in [0.25, 0.3) is 0 Å². The van der Waals surface area contributed by atoms with E-state index in [2.05, 4.69) is 10.2 Å². The second-order valence-corrected chi connectivity index (χ2v) is 6.58. The Hall–Kier alpha value is -2.24. The van der Waals surface area contributed by atoms with Gasteiger partial charge in [-0.15, -0.1) is 0 Å². The molecule has 6 heteroatoms. The summed E-state index contributed by atoms with van der Waals surface area (Å²) in [6.07, 6.45) is 0.850. The number of nitrogens with one attached hydrogen (secondary N) is 1. The van der Waals surface area contributed by atoms with Crippen LogP contribution in [0.15, 0.2) is 48.5 Å². The van der Waals surface area contributed by atoms with Crippen molar-refractivity contribution in [2.75, 3.05) is 25.1 Å². The molecule has 0 aromatic heterocycles. The number of halogens is 1. The van der Waals surface area contributed by atoms with Gasteiger partial charge in [-0.2, -0.15) is 0 Å². The number of carbonyl (C=O) groups is 1. The number of carbonyl (C=O) groups excluding carboxylic acids is 1. The zero-order valence-electron chi connectivity index (χ0n) is 14.1. The third-order valence-corrected chi connectivity index (χ3v) is 4.69. The van der Waals surface area contributed by atoms with E-state index in [1.807, 2.05) is 42.5 Å². The molecule has 2 aromatic rings. The molecule has 2 atom stereocenters. The van der Waals surface area contributed by atoms with Crippen LogP contribution in [-0.4, -0.2) is 32.1 Å². The monoisotopic (exact) mass is 359 g/mol. The molecule has 1 saturated heterocycles. The van der Waals surface area contributed by atoms with E-state index in [1.54, 1.807) is 13.2 Å². The van der Waals surface area contributed by atoms with E-state index < -0.39 is 6.04 Å². The molecule has 1 heterocycles. The Morgan fingerprint density at radius 3 is 2.80 bits per heavy atom. The Morgan fingerprint density at radius 1 is 1.32 bits per heavy atom. The Labute approximate surface area is 152 Å². The molecule has 1 aliphatic rings. The second-order valence-electron chi connectivity index (χ2n) is 6.14. The van der Waals surface area contributed by atoms with Crippen LogP contribution in [0.5, 0.6) is 5.75 Å². The lowest BCUT2D eigenvalue weighted by atomic mass is 10.1. The minimum Gasteiger partial charge on any atom is -0.495 e. The van der Waals surface area contributed by atoms with E-state index >= 15 is 0 Å². The largest absolute Gasteiger partial charge is 0.495 e. The van der Waals surface area contributed by atoms with E-state index in [-0.39, 0.29) is 11.9 Å². The highest BCUT2D eigenvalue weighted by Crippen LogP contribution is 2.33. The zero-order chi connectivity index (χ0) is 17.8. The van der Waals surface area contributed by atoms with Crippen LogP contribution >= 0.6 is 11.6 Å². The highest BCUT2D eigenvalue weighted by atomic mass is 35.5. The van der Waals surface area contributed by atoms with Gasteiger partial charge in [0, 0.05) is 24.2 Å². The molecule has 0 radical (unpaired) electrons. The van der Waals surface area contributed by atoms with Gasteiger partial charge in [0.1, 0.15) is 11.8 Å². The van der Waals surface area contributed by atoms with Crippen molar-refractivity contribution < 1.29 is 9.53 Å². The fourth-order valence-electron chi connectivity index (χ4n) is 3.11. The van der Waals surface area contributed by atoms with Gasteiger partial charge in [-0.1, -0.05) is 41.9 Å². The van der Waals surface area contributed by atoms with Crippen molar-refractivity contribution >= 4 is 23.2 Å². The molecule has 2 unspecified atom stereocenters. The third kappa shape index (κ3) is 4.06. The van der Waals surface area contributed by atoms with Crippen molar-refractivity contribution in [3.8, 4) is 5.75 Å². The lowest BCUT2D eigenvalue weighted by molar-refractivity contribution is -0.123. The molecule has 0 saturated carbocycles. The lowest BCUT2D eigenvalue weighted by Crippen LogP contribution is -2.42. The minimum atomic E-state index is -0.657. The standard InChI is InChI=1S/C19H22ClN3O2/c1-25-17-8-7-14(20)11-16(17)23-10-9-15(12-23)22-19(24)18(21)13-5-3-2-4-6-13/h2-8,11,15,18H,9-10,12,21H2,1H3,(H,22,24). The van der Waals surface area contributed by atoms with Gasteiger partial charge < -0.3 is 20.7 Å². The fraction of sp³-hybridized carbons (Fsp3) is 0.316. The van der Waals surface area contributed by atoms with Crippen molar-refractivity contribution in [1.29, 1.82) is 0 Å². The highest BCUT2D eigenvalue weighted by Gasteiger charge is 2.27.